The molecular formula is C9H9N2O3. The number of amides is 1. The number of nitro groups is 1. The molecule has 0 aliphatic rings. The number of carbonyl (C=O) groups excluding carboxylic acids is 1. The van der Waals surface area contributed by atoms with Crippen LogP contribution < -0.4 is 5.73 Å². The van der Waals surface area contributed by atoms with E-state index in [1.54, 1.807) is 6.07 Å². The Morgan fingerprint density at radius 2 is 2.21 bits per heavy atom. The van der Waals surface area contributed by atoms with Crippen molar-refractivity contribution in [2.45, 2.75) is 5.92 Å². The van der Waals surface area contributed by atoms with E-state index in [2.05, 4.69) is 6.92 Å². The molecule has 1 amide bonds. The lowest BCUT2D eigenvalue weighted by Gasteiger charge is -2.05. The van der Waals surface area contributed by atoms with Gasteiger partial charge in [0.15, 0.2) is 0 Å². The Kier molecular flexibility index (Phi) is 2.81. The number of nitrogens with zero attached hydrogens (tertiary/aromatic N) is 1. The monoisotopic (exact) mass is 193 g/mol. The van der Waals surface area contributed by atoms with E-state index in [-0.39, 0.29) is 5.69 Å². The second kappa shape index (κ2) is 3.87. The maximum atomic E-state index is 10.8. The molecule has 0 aliphatic heterocycles. The fourth-order valence-electron chi connectivity index (χ4n) is 1.02. The van der Waals surface area contributed by atoms with Crippen molar-refractivity contribution in [3.8, 4) is 0 Å². The van der Waals surface area contributed by atoms with Gasteiger partial charge in [-0.25, -0.2) is 0 Å². The van der Waals surface area contributed by atoms with Crippen molar-refractivity contribution < 1.29 is 9.72 Å². The highest BCUT2D eigenvalue weighted by Crippen LogP contribution is 2.19. The van der Waals surface area contributed by atoms with E-state index >= 15 is 0 Å². The summed E-state index contributed by atoms with van der Waals surface area (Å²) in [4.78, 5) is 20.7. The molecule has 0 saturated carbocycles. The summed E-state index contributed by atoms with van der Waals surface area (Å²) >= 11 is 0. The predicted molar refractivity (Wildman–Crippen MR) is 50.4 cm³/mol. The standard InChI is InChI=1S/C9H9N2O3/c1-6(9(10)12)7-3-2-4-8(5-7)11(13)14/h2-6H,1H2,(H2,10,12). The van der Waals surface area contributed by atoms with E-state index in [1.807, 2.05) is 0 Å². The fourth-order valence-corrected chi connectivity index (χ4v) is 1.02. The molecule has 0 aromatic heterocycles. The van der Waals surface area contributed by atoms with Gasteiger partial charge in [0.25, 0.3) is 5.69 Å². The van der Waals surface area contributed by atoms with Crippen LogP contribution in [0.25, 0.3) is 0 Å². The van der Waals surface area contributed by atoms with Crippen LogP contribution in [0.1, 0.15) is 11.5 Å². The zero-order valence-electron chi connectivity index (χ0n) is 7.34. The third kappa shape index (κ3) is 2.07. The van der Waals surface area contributed by atoms with E-state index < -0.39 is 16.7 Å². The van der Waals surface area contributed by atoms with Gasteiger partial charge in [-0.15, -0.1) is 0 Å². The largest absolute Gasteiger partial charge is 0.369 e. The minimum atomic E-state index is -0.755. The van der Waals surface area contributed by atoms with E-state index in [4.69, 9.17) is 5.73 Å². The summed E-state index contributed by atoms with van der Waals surface area (Å²) in [6.45, 7) is 3.51. The highest BCUT2D eigenvalue weighted by molar-refractivity contribution is 5.82. The van der Waals surface area contributed by atoms with Gasteiger partial charge in [-0.1, -0.05) is 12.1 Å². The number of rotatable bonds is 3. The van der Waals surface area contributed by atoms with Gasteiger partial charge in [-0.2, -0.15) is 0 Å². The van der Waals surface area contributed by atoms with Crippen LogP contribution in [0, 0.1) is 17.0 Å². The molecule has 5 heteroatoms. The maximum Gasteiger partial charge on any atom is 0.269 e. The van der Waals surface area contributed by atoms with Crippen LogP contribution in [-0.4, -0.2) is 10.8 Å². The van der Waals surface area contributed by atoms with Gasteiger partial charge >= 0.3 is 0 Å². The van der Waals surface area contributed by atoms with Crippen molar-refractivity contribution in [2.24, 2.45) is 5.73 Å². The van der Waals surface area contributed by atoms with E-state index in [0.717, 1.165) is 0 Å². The number of carbonyl (C=O) groups is 1. The van der Waals surface area contributed by atoms with Crippen molar-refractivity contribution >= 4 is 11.6 Å². The first-order valence-electron chi connectivity index (χ1n) is 3.89. The molecule has 0 aliphatic carbocycles. The summed E-state index contributed by atoms with van der Waals surface area (Å²) < 4.78 is 0. The second-order valence-corrected chi connectivity index (χ2v) is 2.81. The Hall–Kier alpha value is -1.91. The van der Waals surface area contributed by atoms with Crippen LogP contribution in [0.5, 0.6) is 0 Å². The van der Waals surface area contributed by atoms with Gasteiger partial charge in [0.2, 0.25) is 5.91 Å². The predicted octanol–water partition coefficient (Wildman–Crippen LogP) is 0.998. The summed E-state index contributed by atoms with van der Waals surface area (Å²) in [5, 5.41) is 10.4. The Bertz CT molecular complexity index is 376. The van der Waals surface area contributed by atoms with Crippen LogP contribution in [0.2, 0.25) is 0 Å². The Labute approximate surface area is 80.7 Å². The van der Waals surface area contributed by atoms with Gasteiger partial charge in [0, 0.05) is 12.1 Å². The molecule has 0 bridgehead atoms. The van der Waals surface area contributed by atoms with Crippen LogP contribution in [0.15, 0.2) is 24.3 Å². The Balaban J connectivity index is 3.05. The number of hydrogen-bond acceptors (Lipinski definition) is 3. The number of nitrogens with two attached hydrogens (primary N) is 1. The molecule has 0 heterocycles. The van der Waals surface area contributed by atoms with Crippen LogP contribution in [0.3, 0.4) is 0 Å². The molecule has 0 saturated heterocycles. The quantitative estimate of drug-likeness (QED) is 0.573. The first-order chi connectivity index (χ1) is 6.52. The third-order valence-corrected chi connectivity index (χ3v) is 1.83. The van der Waals surface area contributed by atoms with Crippen molar-refractivity contribution in [3.63, 3.8) is 0 Å². The molecule has 1 radical (unpaired) electrons. The van der Waals surface area contributed by atoms with Crippen LogP contribution >= 0.6 is 0 Å². The average molecular weight is 193 g/mol. The number of benzene rings is 1. The van der Waals surface area contributed by atoms with Crippen molar-refractivity contribution in [2.75, 3.05) is 0 Å². The van der Waals surface area contributed by atoms with Crippen molar-refractivity contribution in [1.29, 1.82) is 0 Å². The minimum Gasteiger partial charge on any atom is -0.369 e. The first kappa shape index (κ1) is 10.2. The number of non-ortho nitro benzene ring substituents is 1. The lowest BCUT2D eigenvalue weighted by Crippen LogP contribution is -2.18. The molecule has 1 aromatic carbocycles. The molecule has 0 fully saturated rings. The smallest absolute Gasteiger partial charge is 0.269 e. The summed E-state index contributed by atoms with van der Waals surface area (Å²) in [6, 6.07) is 5.71. The lowest BCUT2D eigenvalue weighted by molar-refractivity contribution is -0.384. The topological polar surface area (TPSA) is 86.2 Å². The Morgan fingerprint density at radius 3 is 2.71 bits per heavy atom. The van der Waals surface area contributed by atoms with Gasteiger partial charge in [-0.05, 0) is 12.5 Å². The molecule has 1 rings (SSSR count). The van der Waals surface area contributed by atoms with Crippen molar-refractivity contribution in [3.05, 3.63) is 46.9 Å². The Morgan fingerprint density at radius 1 is 1.57 bits per heavy atom. The van der Waals surface area contributed by atoms with E-state index in [1.165, 1.54) is 18.2 Å². The zero-order valence-corrected chi connectivity index (χ0v) is 7.34. The molecule has 14 heavy (non-hydrogen) atoms. The SMILES string of the molecule is [CH2]C(C(N)=O)c1cccc([N+](=O)[O-])c1. The zero-order chi connectivity index (χ0) is 10.7. The molecule has 1 atom stereocenters. The minimum absolute atomic E-state index is 0.0719. The van der Waals surface area contributed by atoms with E-state index in [0.29, 0.717) is 5.56 Å². The van der Waals surface area contributed by atoms with Gasteiger partial charge in [0.05, 0.1) is 10.8 Å². The normalized spacial score (nSPS) is 12.1. The lowest BCUT2D eigenvalue weighted by atomic mass is 10.0. The molecule has 2 N–H and O–H groups in total. The molecule has 0 spiro atoms. The molecule has 73 valence electrons. The van der Waals surface area contributed by atoms with Crippen molar-refractivity contribution in [1.82, 2.24) is 0 Å². The molecular weight excluding hydrogens is 184 g/mol. The van der Waals surface area contributed by atoms with Gasteiger partial charge < -0.3 is 5.73 Å². The average Bonchev–Trinajstić information content (AvgIpc) is 2.16. The van der Waals surface area contributed by atoms with Crippen LogP contribution in [-0.2, 0) is 4.79 Å². The number of nitro benzene ring substituents is 1. The number of primary amides is 1. The summed E-state index contributed by atoms with van der Waals surface area (Å²) in [5.41, 5.74) is 5.40. The third-order valence-electron chi connectivity index (χ3n) is 1.83. The van der Waals surface area contributed by atoms with Gasteiger partial charge in [0.1, 0.15) is 0 Å². The summed E-state index contributed by atoms with van der Waals surface area (Å²) in [6.07, 6.45) is 0. The molecule has 1 unspecified atom stereocenters. The highest BCUT2D eigenvalue weighted by atomic mass is 16.6. The highest BCUT2D eigenvalue weighted by Gasteiger charge is 2.14. The summed E-state index contributed by atoms with van der Waals surface area (Å²) in [5.74, 6) is -1.36. The summed E-state index contributed by atoms with van der Waals surface area (Å²) in [7, 11) is 0. The molecule has 1 aromatic rings. The van der Waals surface area contributed by atoms with Crippen LogP contribution in [0.4, 0.5) is 5.69 Å². The van der Waals surface area contributed by atoms with Gasteiger partial charge in [-0.3, -0.25) is 14.9 Å². The number of hydrogen-bond donors (Lipinski definition) is 1. The first-order valence-corrected chi connectivity index (χ1v) is 3.89. The fraction of sp³-hybridized carbons (Fsp3) is 0.111. The maximum absolute atomic E-state index is 10.8. The molecule has 5 nitrogen and oxygen atoms in total. The second-order valence-electron chi connectivity index (χ2n) is 2.81. The van der Waals surface area contributed by atoms with E-state index in [9.17, 15) is 14.9 Å².